The van der Waals surface area contributed by atoms with Gasteiger partial charge in [-0.15, -0.1) is 0 Å². The number of likely N-dealkylation sites (tertiary alicyclic amines) is 1. The third kappa shape index (κ3) is 2.89. The molecule has 1 fully saturated rings. The topological polar surface area (TPSA) is 99.2 Å². The van der Waals surface area contributed by atoms with Crippen molar-refractivity contribution in [1.29, 1.82) is 5.26 Å². The van der Waals surface area contributed by atoms with Gasteiger partial charge < -0.3 is 11.1 Å². The Labute approximate surface area is 110 Å². The van der Waals surface area contributed by atoms with Crippen LogP contribution < -0.4 is 11.1 Å². The Kier molecular flexibility index (Phi) is 3.49. The molecule has 6 nitrogen and oxygen atoms in total. The third-order valence-corrected chi connectivity index (χ3v) is 3.03. The molecular formula is C13H14N4O2. The minimum absolute atomic E-state index is 0.386. The average molecular weight is 258 g/mol. The van der Waals surface area contributed by atoms with Gasteiger partial charge in [-0.1, -0.05) is 30.3 Å². The quantitative estimate of drug-likeness (QED) is 0.705. The maximum absolute atomic E-state index is 11.2. The predicted octanol–water partition coefficient (Wildman–Crippen LogP) is -0.634. The zero-order valence-electron chi connectivity index (χ0n) is 10.3. The molecule has 0 spiro atoms. The fourth-order valence-electron chi connectivity index (χ4n) is 2.13. The van der Waals surface area contributed by atoms with Gasteiger partial charge >= 0.3 is 11.8 Å². The van der Waals surface area contributed by atoms with Crippen LogP contribution in [0.3, 0.4) is 0 Å². The van der Waals surface area contributed by atoms with Crippen LogP contribution >= 0.6 is 0 Å². The van der Waals surface area contributed by atoms with E-state index in [1.807, 2.05) is 41.3 Å². The van der Waals surface area contributed by atoms with E-state index in [1.165, 1.54) is 0 Å². The number of hydrogen-bond donors (Lipinski definition) is 2. The van der Waals surface area contributed by atoms with Gasteiger partial charge in [0.2, 0.25) is 0 Å². The zero-order chi connectivity index (χ0) is 13.9. The van der Waals surface area contributed by atoms with Crippen LogP contribution in [0.4, 0.5) is 0 Å². The Morgan fingerprint density at radius 2 is 2.00 bits per heavy atom. The number of carbonyl (C=O) groups excluding carboxylic acids is 2. The molecule has 1 aromatic rings. The second-order valence-corrected chi connectivity index (χ2v) is 4.64. The molecule has 1 aromatic carbocycles. The van der Waals surface area contributed by atoms with Crippen molar-refractivity contribution in [3.8, 4) is 6.07 Å². The van der Waals surface area contributed by atoms with E-state index in [-0.39, 0.29) is 0 Å². The molecule has 0 aromatic heterocycles. The van der Waals surface area contributed by atoms with Gasteiger partial charge in [-0.2, -0.15) is 5.26 Å². The molecule has 1 heterocycles. The first-order chi connectivity index (χ1) is 9.04. The van der Waals surface area contributed by atoms with Crippen LogP contribution in [0.2, 0.25) is 0 Å². The summed E-state index contributed by atoms with van der Waals surface area (Å²) in [7, 11) is 0. The molecule has 19 heavy (non-hydrogen) atoms. The zero-order valence-corrected chi connectivity index (χ0v) is 10.3. The van der Waals surface area contributed by atoms with Crippen molar-refractivity contribution in [3.63, 3.8) is 0 Å². The summed E-state index contributed by atoms with van der Waals surface area (Å²) in [5, 5.41) is 11.5. The fourth-order valence-corrected chi connectivity index (χ4v) is 2.13. The molecule has 0 aliphatic carbocycles. The third-order valence-electron chi connectivity index (χ3n) is 3.03. The first-order valence-electron chi connectivity index (χ1n) is 5.84. The SMILES string of the molecule is N#CC1(NC(=O)C(N)=O)CN(Cc2ccccc2)C1. The lowest BCUT2D eigenvalue weighted by atomic mass is 9.90. The minimum atomic E-state index is -1.07. The van der Waals surface area contributed by atoms with Gasteiger partial charge in [-0.3, -0.25) is 14.5 Å². The summed E-state index contributed by atoms with van der Waals surface area (Å²) < 4.78 is 0. The smallest absolute Gasteiger partial charge is 0.310 e. The number of amides is 2. The second-order valence-electron chi connectivity index (χ2n) is 4.64. The lowest BCUT2D eigenvalue weighted by Crippen LogP contribution is -2.70. The van der Waals surface area contributed by atoms with Gasteiger partial charge in [0.05, 0.1) is 6.07 Å². The highest BCUT2D eigenvalue weighted by Gasteiger charge is 2.45. The first kappa shape index (κ1) is 13.1. The maximum Gasteiger partial charge on any atom is 0.310 e. The van der Waals surface area contributed by atoms with Crippen molar-refractivity contribution in [2.24, 2.45) is 5.73 Å². The molecule has 3 N–H and O–H groups in total. The number of primary amides is 1. The molecule has 2 amide bonds. The van der Waals surface area contributed by atoms with E-state index in [0.29, 0.717) is 19.6 Å². The highest BCUT2D eigenvalue weighted by molar-refractivity contribution is 6.34. The molecule has 0 bridgehead atoms. The Bertz CT molecular complexity index is 529. The van der Waals surface area contributed by atoms with Crippen molar-refractivity contribution in [2.45, 2.75) is 12.1 Å². The molecule has 1 aliphatic rings. The van der Waals surface area contributed by atoms with E-state index in [4.69, 9.17) is 11.0 Å². The van der Waals surface area contributed by atoms with Crippen LogP contribution in [-0.2, 0) is 16.1 Å². The molecule has 6 heteroatoms. The van der Waals surface area contributed by atoms with Crippen molar-refractivity contribution in [3.05, 3.63) is 35.9 Å². The van der Waals surface area contributed by atoms with E-state index in [0.717, 1.165) is 5.56 Å². The molecule has 0 radical (unpaired) electrons. The van der Waals surface area contributed by atoms with Gasteiger partial charge in [0, 0.05) is 19.6 Å². The molecule has 1 aliphatic heterocycles. The summed E-state index contributed by atoms with van der Waals surface area (Å²) in [4.78, 5) is 23.9. The standard InChI is InChI=1S/C13H14N4O2/c14-7-13(16-12(19)11(15)18)8-17(9-13)6-10-4-2-1-3-5-10/h1-5H,6,8-9H2,(H2,15,18)(H,16,19). The monoisotopic (exact) mass is 258 g/mol. The number of rotatable bonds is 3. The Hall–Kier alpha value is -2.39. The van der Waals surface area contributed by atoms with Gasteiger partial charge in [0.1, 0.15) is 0 Å². The lowest BCUT2D eigenvalue weighted by Gasteiger charge is -2.45. The molecule has 0 saturated carbocycles. The molecule has 0 unspecified atom stereocenters. The highest BCUT2D eigenvalue weighted by Crippen LogP contribution is 2.22. The Morgan fingerprint density at radius 3 is 2.53 bits per heavy atom. The second kappa shape index (κ2) is 5.08. The van der Waals surface area contributed by atoms with Crippen LogP contribution in [0.5, 0.6) is 0 Å². The molecule has 0 atom stereocenters. The number of carbonyl (C=O) groups is 2. The van der Waals surface area contributed by atoms with Crippen LogP contribution in [0.1, 0.15) is 5.56 Å². The number of hydrogen-bond acceptors (Lipinski definition) is 4. The normalized spacial score (nSPS) is 17.0. The van der Waals surface area contributed by atoms with Crippen molar-refractivity contribution < 1.29 is 9.59 Å². The van der Waals surface area contributed by atoms with E-state index in [9.17, 15) is 9.59 Å². The van der Waals surface area contributed by atoms with Crippen molar-refractivity contribution in [2.75, 3.05) is 13.1 Å². The first-order valence-corrected chi connectivity index (χ1v) is 5.84. The average Bonchev–Trinajstić information content (AvgIpc) is 2.36. The highest BCUT2D eigenvalue weighted by atomic mass is 16.2. The predicted molar refractivity (Wildman–Crippen MR) is 67.4 cm³/mol. The van der Waals surface area contributed by atoms with Gasteiger partial charge in [-0.25, -0.2) is 0 Å². The summed E-state index contributed by atoms with van der Waals surface area (Å²) in [6, 6.07) is 11.9. The van der Waals surface area contributed by atoms with Gasteiger partial charge in [-0.05, 0) is 5.56 Å². The Balaban J connectivity index is 1.91. The van der Waals surface area contributed by atoms with E-state index >= 15 is 0 Å². The van der Waals surface area contributed by atoms with Crippen LogP contribution in [0, 0.1) is 11.3 Å². The number of benzene rings is 1. The maximum atomic E-state index is 11.2. The van der Waals surface area contributed by atoms with E-state index < -0.39 is 17.4 Å². The van der Waals surface area contributed by atoms with E-state index in [2.05, 4.69) is 5.32 Å². The molecule has 98 valence electrons. The summed E-state index contributed by atoms with van der Waals surface area (Å²) in [6.45, 7) is 1.48. The van der Waals surface area contributed by atoms with Crippen LogP contribution in [0.25, 0.3) is 0 Å². The Morgan fingerprint density at radius 1 is 1.37 bits per heavy atom. The lowest BCUT2D eigenvalue weighted by molar-refractivity contribution is -0.139. The van der Waals surface area contributed by atoms with E-state index in [1.54, 1.807) is 0 Å². The van der Waals surface area contributed by atoms with Gasteiger partial charge in [0.25, 0.3) is 0 Å². The number of nitrogens with one attached hydrogen (secondary N) is 1. The number of nitrogens with two attached hydrogens (primary N) is 1. The fraction of sp³-hybridized carbons (Fsp3) is 0.308. The van der Waals surface area contributed by atoms with Crippen molar-refractivity contribution in [1.82, 2.24) is 10.2 Å². The summed E-state index contributed by atoms with van der Waals surface area (Å²) in [6.07, 6.45) is 0. The van der Waals surface area contributed by atoms with Gasteiger partial charge in [0.15, 0.2) is 5.54 Å². The van der Waals surface area contributed by atoms with Crippen LogP contribution in [0.15, 0.2) is 30.3 Å². The minimum Gasteiger partial charge on any atom is -0.361 e. The number of nitriles is 1. The largest absolute Gasteiger partial charge is 0.361 e. The number of nitrogens with zero attached hydrogens (tertiary/aromatic N) is 2. The summed E-state index contributed by atoms with van der Waals surface area (Å²) in [5.41, 5.74) is 5.00. The summed E-state index contributed by atoms with van der Waals surface area (Å²) >= 11 is 0. The molecule has 2 rings (SSSR count). The molecule has 1 saturated heterocycles. The van der Waals surface area contributed by atoms with Crippen LogP contribution in [-0.4, -0.2) is 35.3 Å². The summed E-state index contributed by atoms with van der Waals surface area (Å²) in [5.74, 6) is -1.99. The van der Waals surface area contributed by atoms with Crippen molar-refractivity contribution >= 4 is 11.8 Å². The molecular weight excluding hydrogens is 244 g/mol.